The van der Waals surface area contributed by atoms with Gasteiger partial charge in [-0.15, -0.1) is 9.24 Å². The van der Waals surface area contributed by atoms with Gasteiger partial charge in [0.1, 0.15) is 0 Å². The maximum Gasteiger partial charge on any atom is 0.303 e. The van der Waals surface area contributed by atoms with Gasteiger partial charge in [0.15, 0.2) is 17.5 Å². The van der Waals surface area contributed by atoms with Crippen molar-refractivity contribution in [3.05, 3.63) is 40.5 Å². The van der Waals surface area contributed by atoms with Gasteiger partial charge in [-0.1, -0.05) is 59.7 Å². The van der Waals surface area contributed by atoms with Crippen LogP contribution in [0.1, 0.15) is 68.6 Å². The summed E-state index contributed by atoms with van der Waals surface area (Å²) >= 11 is 0. The number of anilines is 1. The minimum absolute atomic E-state index is 0.0772. The summed E-state index contributed by atoms with van der Waals surface area (Å²) in [5.74, 6) is -15.1. The number of phenols is 3. The maximum atomic E-state index is 13.3. The van der Waals surface area contributed by atoms with Crippen LogP contribution in [0.4, 0.5) is 5.69 Å². The largest absolute Gasteiger partial charge is 0.504 e. The second-order valence-corrected chi connectivity index (χ2v) is 10.7. The molecule has 2 aromatic carbocycles. The summed E-state index contributed by atoms with van der Waals surface area (Å²) in [6.07, 6.45) is 0. The molecule has 0 radical (unpaired) electrons. The van der Waals surface area contributed by atoms with E-state index in [9.17, 15) is 50.1 Å². The number of aliphatic hydroxyl groups is 4. The summed E-state index contributed by atoms with van der Waals surface area (Å²) in [5.41, 5.74) is 0.942. The zero-order chi connectivity index (χ0) is 35.9. The highest BCUT2D eigenvalue weighted by atomic mass is 31.0. The number of hydrogen-bond acceptors (Lipinski definition) is 13. The van der Waals surface area contributed by atoms with Crippen LogP contribution < -0.4 is 15.9 Å². The molecular formula is C31H47N4O11P. The van der Waals surface area contributed by atoms with E-state index in [-0.39, 0.29) is 17.8 Å². The second kappa shape index (κ2) is 16.5. The monoisotopic (exact) mass is 682 g/mol. The Kier molecular flexibility index (Phi) is 13.9. The van der Waals surface area contributed by atoms with Crippen molar-refractivity contribution in [2.45, 2.75) is 78.8 Å². The molecule has 262 valence electrons. The molecule has 0 saturated carbocycles. The van der Waals surface area contributed by atoms with E-state index in [1.54, 1.807) is 5.32 Å². The quantitative estimate of drug-likeness (QED) is 0.0651. The van der Waals surface area contributed by atoms with Gasteiger partial charge >= 0.3 is 5.79 Å². The van der Waals surface area contributed by atoms with Gasteiger partial charge < -0.3 is 50.7 Å². The van der Waals surface area contributed by atoms with E-state index in [2.05, 4.69) is 19.5 Å². The smallest absolute Gasteiger partial charge is 0.303 e. The van der Waals surface area contributed by atoms with Crippen LogP contribution in [0.5, 0.6) is 17.2 Å². The number of ether oxygens (including phenoxy) is 1. The number of aromatic hydroxyl groups is 3. The fourth-order valence-electron chi connectivity index (χ4n) is 5.20. The zero-order valence-electron chi connectivity index (χ0n) is 27.5. The predicted molar refractivity (Wildman–Crippen MR) is 176 cm³/mol. The Hall–Kier alpha value is -3.56. The van der Waals surface area contributed by atoms with Gasteiger partial charge in [-0.05, 0) is 16.4 Å². The Morgan fingerprint density at radius 1 is 0.936 bits per heavy atom. The number of benzene rings is 2. The highest BCUT2D eigenvalue weighted by Gasteiger charge is 2.67. The Morgan fingerprint density at radius 3 is 2.11 bits per heavy atom. The van der Waals surface area contributed by atoms with E-state index < -0.39 is 64.7 Å². The van der Waals surface area contributed by atoms with Crippen LogP contribution in [0.25, 0.3) is 0 Å². The number of carbonyl (C=O) groups excluding carboxylic acids is 3. The minimum atomic E-state index is -3.88. The van der Waals surface area contributed by atoms with Gasteiger partial charge in [0.2, 0.25) is 5.75 Å². The van der Waals surface area contributed by atoms with E-state index in [0.29, 0.717) is 18.1 Å². The first-order chi connectivity index (χ1) is 22.3. The van der Waals surface area contributed by atoms with Gasteiger partial charge in [-0.25, -0.2) is 0 Å². The third kappa shape index (κ3) is 7.62. The number of carbonyl (C=O) groups is 3. The van der Waals surface area contributed by atoms with Crippen LogP contribution in [0.15, 0.2) is 18.2 Å². The number of fused-ring (bicyclic) bond motifs is 1. The van der Waals surface area contributed by atoms with Crippen LogP contribution in [0.2, 0.25) is 0 Å². The van der Waals surface area contributed by atoms with Crippen molar-refractivity contribution in [2.24, 2.45) is 0 Å². The maximum absolute atomic E-state index is 13.3. The zero-order valence-corrected chi connectivity index (χ0v) is 28.6. The molecule has 2 fully saturated rings. The fourth-order valence-corrected chi connectivity index (χ4v) is 5.62. The highest BCUT2D eigenvalue weighted by molar-refractivity contribution is 7.27. The van der Waals surface area contributed by atoms with E-state index in [0.717, 1.165) is 36.1 Å². The number of rotatable bonds is 6. The van der Waals surface area contributed by atoms with E-state index in [1.807, 2.05) is 59.7 Å². The van der Waals surface area contributed by atoms with Crippen molar-refractivity contribution < 1.29 is 54.9 Å². The van der Waals surface area contributed by atoms with Gasteiger partial charge in [0, 0.05) is 31.7 Å². The molecule has 3 aliphatic heterocycles. The lowest BCUT2D eigenvalue weighted by molar-refractivity contribution is -0.355. The number of nitrogens with zero attached hydrogens (tertiary/aromatic N) is 2. The lowest BCUT2D eigenvalue weighted by Gasteiger charge is -2.44. The molecule has 3 amide bonds. The van der Waals surface area contributed by atoms with E-state index in [1.165, 1.54) is 0 Å². The number of phenolic OH excluding ortho intramolecular Hbond substituents is 3. The number of piperidine rings is 1. The number of imide groups is 1. The lowest BCUT2D eigenvalue weighted by Crippen LogP contribution is -2.79. The van der Waals surface area contributed by atoms with Crippen LogP contribution in [0.3, 0.4) is 0 Å². The van der Waals surface area contributed by atoms with Crippen molar-refractivity contribution in [2.75, 3.05) is 31.6 Å². The standard InChI is InChI=1S/C25H29N4O11P.3C2H6/c30-17-15-13(10-29(22(15)34)20-21(33)27-23(35)25(38,39)24(20,36)37)16(18(31)19(17)32)26-8-12-2-1-11(7-14(12)41)9-28-3-5-40-6-4-28;3*1-2/h1-2,7,20,26,30-32,36-39H,3-6,8-10,41H2,(H,27,33,35);3*1-2H3. The Balaban J connectivity index is 0.00000121. The van der Waals surface area contributed by atoms with Crippen molar-refractivity contribution in [1.82, 2.24) is 15.1 Å². The first-order valence-corrected chi connectivity index (χ1v) is 16.1. The average Bonchev–Trinajstić information content (AvgIpc) is 3.39. The van der Waals surface area contributed by atoms with Crippen molar-refractivity contribution in [1.29, 1.82) is 0 Å². The average molecular weight is 683 g/mol. The molecule has 2 atom stereocenters. The molecule has 0 aromatic heterocycles. The summed E-state index contributed by atoms with van der Waals surface area (Å²) in [7, 11) is 2.62. The molecule has 0 bridgehead atoms. The first-order valence-electron chi connectivity index (χ1n) is 15.5. The van der Waals surface area contributed by atoms with Gasteiger partial charge in [0.25, 0.3) is 23.5 Å². The van der Waals surface area contributed by atoms with Crippen LogP contribution in [-0.2, 0) is 34.0 Å². The van der Waals surface area contributed by atoms with Crippen molar-refractivity contribution in [3.8, 4) is 17.2 Å². The molecule has 15 nitrogen and oxygen atoms in total. The molecular weight excluding hydrogens is 635 g/mol. The predicted octanol–water partition coefficient (Wildman–Crippen LogP) is 0.169. The van der Waals surface area contributed by atoms with Gasteiger partial charge in [-0.2, -0.15) is 0 Å². The number of amides is 3. The van der Waals surface area contributed by atoms with Crippen molar-refractivity contribution in [3.63, 3.8) is 0 Å². The molecule has 3 heterocycles. The van der Waals surface area contributed by atoms with E-state index in [4.69, 9.17) is 4.74 Å². The van der Waals surface area contributed by atoms with Crippen LogP contribution in [-0.4, -0.2) is 107 Å². The Labute approximate surface area is 276 Å². The van der Waals surface area contributed by atoms with Gasteiger partial charge in [-0.3, -0.25) is 24.6 Å². The lowest BCUT2D eigenvalue weighted by atomic mass is 9.90. The fraction of sp³-hybridized carbons (Fsp3) is 0.516. The third-order valence-corrected chi connectivity index (χ3v) is 8.05. The summed E-state index contributed by atoms with van der Waals surface area (Å²) in [6.45, 7) is 15.1. The van der Waals surface area contributed by atoms with Crippen LogP contribution in [0, 0.1) is 0 Å². The molecule has 2 unspecified atom stereocenters. The summed E-state index contributed by atoms with van der Waals surface area (Å²) < 4.78 is 5.38. The molecule has 47 heavy (non-hydrogen) atoms. The van der Waals surface area contributed by atoms with E-state index >= 15 is 0 Å². The topological polar surface area (TPSA) is 233 Å². The number of morpholine rings is 1. The molecule has 5 rings (SSSR count). The second-order valence-electron chi connectivity index (χ2n) is 10.1. The molecule has 0 spiro atoms. The Morgan fingerprint density at radius 2 is 1.53 bits per heavy atom. The molecule has 2 saturated heterocycles. The molecule has 2 aromatic rings. The number of nitrogens with one attached hydrogen (secondary N) is 2. The molecule has 0 aliphatic carbocycles. The summed E-state index contributed by atoms with van der Waals surface area (Å²) in [6, 6.07) is 3.34. The molecule has 9 N–H and O–H groups in total. The number of hydrogen-bond donors (Lipinski definition) is 9. The van der Waals surface area contributed by atoms with Gasteiger partial charge in [0.05, 0.1) is 31.0 Å². The molecule has 16 heteroatoms. The normalized spacial score (nSPS) is 19.6. The Bertz CT molecular complexity index is 1450. The van der Waals surface area contributed by atoms with Crippen molar-refractivity contribution >= 4 is 38.0 Å². The first kappa shape index (κ1) is 39.6. The summed E-state index contributed by atoms with van der Waals surface area (Å²) in [5, 5.41) is 77.5. The SMILES string of the molecule is CC.CC.CC.O=C1NC(=O)C(O)(O)C(O)(O)C1N1Cc2c(NCc3ccc(CN4CCOCC4)cc3P)c(O)c(O)c(O)c2C1=O. The highest BCUT2D eigenvalue weighted by Crippen LogP contribution is 2.50. The minimum Gasteiger partial charge on any atom is -0.504 e. The molecule has 3 aliphatic rings. The van der Waals surface area contributed by atoms with Crippen LogP contribution >= 0.6 is 9.24 Å². The summed E-state index contributed by atoms with van der Waals surface area (Å²) in [4.78, 5) is 40.3. The third-order valence-electron chi connectivity index (χ3n) is 7.51.